The van der Waals surface area contributed by atoms with Crippen LogP contribution in [0.15, 0.2) is 52.2 Å². The molecule has 0 aliphatic heterocycles. The Balaban J connectivity index is 1.65. The standard InChI is InChI=1S/C21H17N3O4S2/c1-12-5-3-6-13(21(27)28-2)18(12)23-16(25)9-24-11-22-19-17(20(24)26)14(10-30-19)15-7-4-8-29-15/h3-8,10-11H,9H2,1-2H3,(H,23,25). The van der Waals surface area contributed by atoms with Gasteiger partial charge in [0, 0.05) is 15.8 Å². The number of nitrogens with zero attached hydrogens (tertiary/aromatic N) is 2. The van der Waals surface area contributed by atoms with Gasteiger partial charge in [0.25, 0.3) is 5.56 Å². The summed E-state index contributed by atoms with van der Waals surface area (Å²) < 4.78 is 6.06. The first-order valence-corrected chi connectivity index (χ1v) is 10.7. The number of aromatic nitrogens is 2. The number of aryl methyl sites for hydroxylation is 1. The first kappa shape index (κ1) is 20.0. The largest absolute Gasteiger partial charge is 0.465 e. The van der Waals surface area contributed by atoms with Crippen LogP contribution in [0.1, 0.15) is 15.9 Å². The van der Waals surface area contributed by atoms with Crippen molar-refractivity contribution in [2.75, 3.05) is 12.4 Å². The van der Waals surface area contributed by atoms with Crippen molar-refractivity contribution < 1.29 is 14.3 Å². The van der Waals surface area contributed by atoms with E-state index in [-0.39, 0.29) is 17.7 Å². The van der Waals surface area contributed by atoms with Crippen LogP contribution in [0.2, 0.25) is 0 Å². The molecule has 4 aromatic rings. The van der Waals surface area contributed by atoms with Crippen LogP contribution in [0.25, 0.3) is 20.7 Å². The van der Waals surface area contributed by atoms with E-state index in [0.29, 0.717) is 21.5 Å². The van der Waals surface area contributed by atoms with Gasteiger partial charge in [-0.2, -0.15) is 0 Å². The molecule has 0 aliphatic carbocycles. The first-order chi connectivity index (χ1) is 14.5. The minimum atomic E-state index is -0.548. The molecule has 7 nitrogen and oxygen atoms in total. The second kappa shape index (κ2) is 8.21. The van der Waals surface area contributed by atoms with E-state index in [1.54, 1.807) is 36.5 Å². The van der Waals surface area contributed by atoms with E-state index in [9.17, 15) is 14.4 Å². The zero-order chi connectivity index (χ0) is 21.3. The number of carbonyl (C=O) groups is 2. The molecule has 1 aromatic carbocycles. The van der Waals surface area contributed by atoms with Crippen molar-refractivity contribution in [1.82, 2.24) is 9.55 Å². The minimum absolute atomic E-state index is 0.226. The predicted octanol–water partition coefficient (Wildman–Crippen LogP) is 3.92. The summed E-state index contributed by atoms with van der Waals surface area (Å²) in [5.74, 6) is -0.987. The number of ether oxygens (including phenoxy) is 1. The van der Waals surface area contributed by atoms with Crippen LogP contribution >= 0.6 is 22.7 Å². The summed E-state index contributed by atoms with van der Waals surface area (Å²) in [4.78, 5) is 43.7. The predicted molar refractivity (Wildman–Crippen MR) is 118 cm³/mol. The lowest BCUT2D eigenvalue weighted by Crippen LogP contribution is -2.28. The number of para-hydroxylation sites is 1. The van der Waals surface area contributed by atoms with Crippen molar-refractivity contribution in [3.63, 3.8) is 0 Å². The Morgan fingerprint density at radius 1 is 1.20 bits per heavy atom. The lowest BCUT2D eigenvalue weighted by atomic mass is 10.1. The van der Waals surface area contributed by atoms with E-state index in [4.69, 9.17) is 4.74 Å². The third kappa shape index (κ3) is 3.64. The Morgan fingerprint density at radius 2 is 2.03 bits per heavy atom. The lowest BCUT2D eigenvalue weighted by Gasteiger charge is -2.13. The third-order valence-corrected chi connectivity index (χ3v) is 6.39. The topological polar surface area (TPSA) is 90.3 Å². The summed E-state index contributed by atoms with van der Waals surface area (Å²) >= 11 is 2.94. The van der Waals surface area contributed by atoms with Gasteiger partial charge in [0.2, 0.25) is 5.91 Å². The Morgan fingerprint density at radius 3 is 2.77 bits per heavy atom. The van der Waals surface area contributed by atoms with Gasteiger partial charge < -0.3 is 10.1 Å². The molecule has 0 saturated heterocycles. The van der Waals surface area contributed by atoms with Crippen molar-refractivity contribution in [3.05, 3.63) is 68.9 Å². The van der Waals surface area contributed by atoms with E-state index >= 15 is 0 Å². The van der Waals surface area contributed by atoms with Gasteiger partial charge in [-0.3, -0.25) is 14.2 Å². The number of esters is 1. The number of hydrogen-bond donors (Lipinski definition) is 1. The average Bonchev–Trinajstić information content (AvgIpc) is 3.41. The zero-order valence-corrected chi connectivity index (χ0v) is 17.8. The smallest absolute Gasteiger partial charge is 0.339 e. The molecule has 1 N–H and O–H groups in total. The van der Waals surface area contributed by atoms with Crippen molar-refractivity contribution in [1.29, 1.82) is 0 Å². The molecule has 3 aromatic heterocycles. The average molecular weight is 440 g/mol. The second-order valence-corrected chi connectivity index (χ2v) is 8.33. The first-order valence-electron chi connectivity index (χ1n) is 8.98. The van der Waals surface area contributed by atoms with Crippen LogP contribution in [0.5, 0.6) is 0 Å². The molecule has 3 heterocycles. The fourth-order valence-corrected chi connectivity index (χ4v) is 4.86. The molecule has 0 saturated carbocycles. The maximum absolute atomic E-state index is 13.1. The van der Waals surface area contributed by atoms with Gasteiger partial charge in [-0.05, 0) is 30.0 Å². The molecular formula is C21H17N3O4S2. The van der Waals surface area contributed by atoms with Gasteiger partial charge >= 0.3 is 5.97 Å². The molecule has 9 heteroatoms. The maximum atomic E-state index is 13.1. The lowest BCUT2D eigenvalue weighted by molar-refractivity contribution is -0.116. The highest BCUT2D eigenvalue weighted by Gasteiger charge is 2.18. The summed E-state index contributed by atoms with van der Waals surface area (Å²) in [5.41, 5.74) is 1.88. The zero-order valence-electron chi connectivity index (χ0n) is 16.2. The Labute approximate surface area is 179 Å². The summed E-state index contributed by atoms with van der Waals surface area (Å²) in [6, 6.07) is 8.94. The van der Waals surface area contributed by atoms with Crippen LogP contribution in [0, 0.1) is 6.92 Å². The summed E-state index contributed by atoms with van der Waals surface area (Å²) in [6.07, 6.45) is 1.37. The van der Waals surface area contributed by atoms with Crippen LogP contribution in [-0.2, 0) is 16.1 Å². The maximum Gasteiger partial charge on any atom is 0.339 e. The number of rotatable bonds is 5. The van der Waals surface area contributed by atoms with Crippen LogP contribution in [-0.4, -0.2) is 28.5 Å². The van der Waals surface area contributed by atoms with Gasteiger partial charge in [-0.15, -0.1) is 22.7 Å². The molecule has 0 fully saturated rings. The SMILES string of the molecule is COC(=O)c1cccc(C)c1NC(=O)Cn1cnc2scc(-c3cccs3)c2c1=O. The molecule has 4 rings (SSSR count). The van der Waals surface area contributed by atoms with Crippen molar-refractivity contribution in [2.24, 2.45) is 0 Å². The quantitative estimate of drug-likeness (QED) is 0.476. The third-order valence-electron chi connectivity index (χ3n) is 4.60. The Hall–Kier alpha value is -3.30. The number of benzene rings is 1. The number of fused-ring (bicyclic) bond motifs is 1. The van der Waals surface area contributed by atoms with Crippen LogP contribution in [0.3, 0.4) is 0 Å². The van der Waals surface area contributed by atoms with Gasteiger partial charge in [0.05, 0.1) is 30.1 Å². The molecule has 0 unspecified atom stereocenters. The normalized spacial score (nSPS) is 10.9. The van der Waals surface area contributed by atoms with Crippen molar-refractivity contribution >= 4 is 50.5 Å². The number of amides is 1. The summed E-state index contributed by atoms with van der Waals surface area (Å²) in [7, 11) is 1.28. The Bertz CT molecular complexity index is 1310. The molecule has 0 spiro atoms. The van der Waals surface area contributed by atoms with Gasteiger partial charge in [-0.25, -0.2) is 9.78 Å². The molecule has 0 aliphatic rings. The molecule has 0 bridgehead atoms. The molecule has 0 atom stereocenters. The number of methoxy groups -OCH3 is 1. The highest BCUT2D eigenvalue weighted by Crippen LogP contribution is 2.33. The van der Waals surface area contributed by atoms with Gasteiger partial charge in [-0.1, -0.05) is 18.2 Å². The molecule has 0 radical (unpaired) electrons. The van der Waals surface area contributed by atoms with Gasteiger partial charge in [0.1, 0.15) is 11.4 Å². The van der Waals surface area contributed by atoms with Crippen molar-refractivity contribution in [3.8, 4) is 10.4 Å². The second-order valence-electron chi connectivity index (χ2n) is 6.52. The number of nitrogens with one attached hydrogen (secondary N) is 1. The summed E-state index contributed by atoms with van der Waals surface area (Å²) in [5, 5.41) is 7.09. The molecule has 30 heavy (non-hydrogen) atoms. The monoisotopic (exact) mass is 439 g/mol. The van der Waals surface area contributed by atoms with E-state index in [0.717, 1.165) is 10.4 Å². The Kier molecular flexibility index (Phi) is 5.47. The van der Waals surface area contributed by atoms with E-state index in [1.807, 2.05) is 22.9 Å². The molecule has 1 amide bonds. The van der Waals surface area contributed by atoms with Crippen molar-refractivity contribution in [2.45, 2.75) is 13.5 Å². The highest BCUT2D eigenvalue weighted by molar-refractivity contribution is 7.18. The van der Waals surface area contributed by atoms with E-state index < -0.39 is 11.9 Å². The van der Waals surface area contributed by atoms with Gasteiger partial charge in [0.15, 0.2) is 0 Å². The summed E-state index contributed by atoms with van der Waals surface area (Å²) in [6.45, 7) is 1.55. The molecular weight excluding hydrogens is 422 g/mol. The van der Waals surface area contributed by atoms with Crippen LogP contribution in [0.4, 0.5) is 5.69 Å². The fraction of sp³-hybridized carbons (Fsp3) is 0.143. The number of carbonyl (C=O) groups excluding carboxylic acids is 2. The number of thiophene rings is 2. The highest BCUT2D eigenvalue weighted by atomic mass is 32.1. The number of hydrogen-bond acceptors (Lipinski definition) is 7. The van der Waals surface area contributed by atoms with E-state index in [2.05, 4.69) is 10.3 Å². The van der Waals surface area contributed by atoms with Crippen LogP contribution < -0.4 is 10.9 Å². The minimum Gasteiger partial charge on any atom is -0.465 e. The van der Waals surface area contributed by atoms with E-state index in [1.165, 1.54) is 29.3 Å². The number of anilines is 1. The fourth-order valence-electron chi connectivity index (χ4n) is 3.14. The molecule has 152 valence electrons.